The maximum atomic E-state index is 14.3. The average molecular weight is 394 g/mol. The van der Waals surface area contributed by atoms with E-state index >= 15 is 0 Å². The van der Waals surface area contributed by atoms with Crippen LogP contribution in [0.15, 0.2) is 23.1 Å². The molecule has 0 aliphatic carbocycles. The molecular weight excluding hydrogens is 375 g/mol. The van der Waals surface area contributed by atoms with E-state index in [1.807, 2.05) is 0 Å². The number of carboxylic acid groups (broad SMARTS) is 1. The third-order valence-electron chi connectivity index (χ3n) is 4.07. The third kappa shape index (κ3) is 4.28. The Hall–Kier alpha value is -1.72. The van der Waals surface area contributed by atoms with E-state index in [0.29, 0.717) is 12.8 Å². The highest BCUT2D eigenvalue weighted by Gasteiger charge is 2.40. The zero-order valence-electron chi connectivity index (χ0n) is 13.6. The Morgan fingerprint density at radius 1 is 1.32 bits per heavy atom. The van der Waals surface area contributed by atoms with E-state index in [2.05, 4.69) is 4.72 Å². The molecule has 1 aromatic rings. The van der Waals surface area contributed by atoms with Gasteiger partial charge >= 0.3 is 5.97 Å². The molecule has 2 rings (SSSR count). The van der Waals surface area contributed by atoms with Crippen molar-refractivity contribution >= 4 is 31.7 Å². The lowest BCUT2D eigenvalue weighted by Crippen LogP contribution is -2.49. The van der Waals surface area contributed by atoms with Crippen molar-refractivity contribution in [1.82, 2.24) is 4.31 Å². The molecule has 1 aliphatic heterocycles. The van der Waals surface area contributed by atoms with Gasteiger partial charge in [0.25, 0.3) is 0 Å². The molecular formula is C14H19FN2O6S2. The number of halogens is 1. The van der Waals surface area contributed by atoms with Crippen LogP contribution in [0.5, 0.6) is 0 Å². The molecule has 0 aromatic heterocycles. The quantitative estimate of drug-likeness (QED) is 0.771. The lowest BCUT2D eigenvalue weighted by Gasteiger charge is -2.36. The Morgan fingerprint density at radius 2 is 1.96 bits per heavy atom. The number of rotatable bonds is 5. The predicted molar refractivity (Wildman–Crippen MR) is 88.6 cm³/mol. The van der Waals surface area contributed by atoms with Gasteiger partial charge in [-0.2, -0.15) is 4.31 Å². The monoisotopic (exact) mass is 394 g/mol. The van der Waals surface area contributed by atoms with E-state index < -0.39 is 48.7 Å². The summed E-state index contributed by atoms with van der Waals surface area (Å²) in [6.07, 6.45) is 1.59. The molecule has 8 nitrogen and oxygen atoms in total. The van der Waals surface area contributed by atoms with Gasteiger partial charge < -0.3 is 5.11 Å². The second kappa shape index (κ2) is 6.89. The minimum Gasteiger partial charge on any atom is -0.481 e. The highest BCUT2D eigenvalue weighted by molar-refractivity contribution is 7.92. The van der Waals surface area contributed by atoms with E-state index in [-0.39, 0.29) is 12.2 Å². The largest absolute Gasteiger partial charge is 0.481 e. The van der Waals surface area contributed by atoms with Gasteiger partial charge in [0.1, 0.15) is 10.7 Å². The highest BCUT2D eigenvalue weighted by Crippen LogP contribution is 2.31. The number of hydrogen-bond acceptors (Lipinski definition) is 5. The number of carboxylic acids is 1. The number of sulfonamides is 2. The second-order valence-corrected chi connectivity index (χ2v) is 9.57. The van der Waals surface area contributed by atoms with Gasteiger partial charge in [0.15, 0.2) is 0 Å². The van der Waals surface area contributed by atoms with Crippen LogP contribution in [-0.2, 0) is 24.8 Å². The molecule has 140 valence electrons. The standard InChI is InChI=1S/C14H19FN2O6S2/c1-9-11(14(18)19)4-3-7-17(9)25(22,23)13-6-5-10(8-12(13)15)16-24(2,20)21/h5-6,8-9,11,16H,3-4,7H2,1-2H3,(H,18,19)/t9-,11-/m1/s1. The van der Waals surface area contributed by atoms with Gasteiger partial charge in [0.05, 0.1) is 17.9 Å². The first-order valence-electron chi connectivity index (χ1n) is 7.45. The van der Waals surface area contributed by atoms with Crippen molar-refractivity contribution in [3.8, 4) is 0 Å². The first-order valence-corrected chi connectivity index (χ1v) is 10.8. The van der Waals surface area contributed by atoms with Crippen LogP contribution in [0, 0.1) is 11.7 Å². The normalized spacial score (nSPS) is 22.5. The van der Waals surface area contributed by atoms with E-state index in [1.54, 1.807) is 0 Å². The lowest BCUT2D eigenvalue weighted by molar-refractivity contribution is -0.144. The topological polar surface area (TPSA) is 121 Å². The molecule has 11 heteroatoms. The summed E-state index contributed by atoms with van der Waals surface area (Å²) in [5, 5.41) is 9.20. The Morgan fingerprint density at radius 3 is 2.48 bits per heavy atom. The zero-order valence-corrected chi connectivity index (χ0v) is 15.3. The van der Waals surface area contributed by atoms with E-state index in [4.69, 9.17) is 0 Å². The van der Waals surface area contributed by atoms with Crippen LogP contribution >= 0.6 is 0 Å². The minimum absolute atomic E-state index is 0.0933. The fourth-order valence-corrected chi connectivity index (χ4v) is 5.20. The maximum Gasteiger partial charge on any atom is 0.308 e. The second-order valence-electron chi connectivity index (χ2n) is 5.96. The molecule has 0 amide bonds. The van der Waals surface area contributed by atoms with Gasteiger partial charge in [-0.05, 0) is 38.0 Å². The van der Waals surface area contributed by atoms with E-state index in [1.165, 1.54) is 6.92 Å². The van der Waals surface area contributed by atoms with Crippen molar-refractivity contribution in [3.05, 3.63) is 24.0 Å². The summed E-state index contributed by atoms with van der Waals surface area (Å²) in [6, 6.07) is 2.07. The SMILES string of the molecule is C[C@@H]1[C@H](C(=O)O)CCCN1S(=O)(=O)c1ccc(NS(C)(=O)=O)cc1F. The molecule has 0 spiro atoms. The van der Waals surface area contributed by atoms with Crippen molar-refractivity contribution < 1.29 is 31.1 Å². The number of carbonyl (C=O) groups is 1. The van der Waals surface area contributed by atoms with Crippen molar-refractivity contribution in [2.45, 2.75) is 30.7 Å². The first kappa shape index (κ1) is 19.6. The minimum atomic E-state index is -4.25. The number of hydrogen-bond donors (Lipinski definition) is 2. The molecule has 1 aliphatic rings. The summed E-state index contributed by atoms with van der Waals surface area (Å²) < 4.78 is 65.2. The van der Waals surface area contributed by atoms with Crippen molar-refractivity contribution in [2.24, 2.45) is 5.92 Å². The average Bonchev–Trinajstić information content (AvgIpc) is 2.44. The molecule has 1 saturated heterocycles. The molecule has 1 fully saturated rings. The number of nitrogens with zero attached hydrogens (tertiary/aromatic N) is 1. The molecule has 1 aromatic carbocycles. The van der Waals surface area contributed by atoms with Crippen molar-refractivity contribution in [2.75, 3.05) is 17.5 Å². The van der Waals surface area contributed by atoms with Gasteiger partial charge in [0.2, 0.25) is 20.0 Å². The third-order valence-corrected chi connectivity index (χ3v) is 6.70. The number of benzene rings is 1. The van der Waals surface area contributed by atoms with E-state index in [9.17, 15) is 31.1 Å². The van der Waals surface area contributed by atoms with Gasteiger partial charge in [-0.25, -0.2) is 21.2 Å². The molecule has 25 heavy (non-hydrogen) atoms. The summed E-state index contributed by atoms with van der Waals surface area (Å²) >= 11 is 0. The summed E-state index contributed by atoms with van der Waals surface area (Å²) in [7, 11) is -7.88. The van der Waals surface area contributed by atoms with Crippen LogP contribution in [0.2, 0.25) is 0 Å². The molecule has 0 bridgehead atoms. The highest BCUT2D eigenvalue weighted by atomic mass is 32.2. The van der Waals surface area contributed by atoms with Crippen LogP contribution < -0.4 is 4.72 Å². The Labute approximate surface area is 145 Å². The molecule has 1 heterocycles. The maximum absolute atomic E-state index is 14.3. The Balaban J connectivity index is 2.38. The smallest absolute Gasteiger partial charge is 0.308 e. The Kier molecular flexibility index (Phi) is 5.40. The van der Waals surface area contributed by atoms with Crippen molar-refractivity contribution in [3.63, 3.8) is 0 Å². The molecule has 2 N–H and O–H groups in total. The summed E-state index contributed by atoms with van der Waals surface area (Å²) in [5.74, 6) is -3.07. The molecule has 0 saturated carbocycles. The van der Waals surface area contributed by atoms with Crippen LogP contribution in [0.25, 0.3) is 0 Å². The number of anilines is 1. The van der Waals surface area contributed by atoms with Gasteiger partial charge in [-0.3, -0.25) is 9.52 Å². The van der Waals surface area contributed by atoms with Gasteiger partial charge in [0, 0.05) is 12.6 Å². The molecule has 2 atom stereocenters. The first-order chi connectivity index (χ1) is 11.4. The Bertz CT molecular complexity index is 885. The zero-order chi connectivity index (χ0) is 19.0. The summed E-state index contributed by atoms with van der Waals surface area (Å²) in [6.45, 7) is 1.57. The molecule has 0 unspecified atom stereocenters. The number of piperidine rings is 1. The lowest BCUT2D eigenvalue weighted by atomic mass is 9.92. The summed E-state index contributed by atoms with van der Waals surface area (Å²) in [4.78, 5) is 10.6. The van der Waals surface area contributed by atoms with Crippen LogP contribution in [0.4, 0.5) is 10.1 Å². The van der Waals surface area contributed by atoms with Crippen LogP contribution in [0.1, 0.15) is 19.8 Å². The summed E-state index contributed by atoms with van der Waals surface area (Å²) in [5.41, 5.74) is -0.103. The fourth-order valence-electron chi connectivity index (χ4n) is 2.90. The number of aliphatic carboxylic acids is 1. The van der Waals surface area contributed by atoms with Gasteiger partial charge in [-0.15, -0.1) is 0 Å². The van der Waals surface area contributed by atoms with Crippen LogP contribution in [-0.4, -0.2) is 51.1 Å². The van der Waals surface area contributed by atoms with E-state index in [0.717, 1.165) is 28.8 Å². The predicted octanol–water partition coefficient (Wildman–Crippen LogP) is 1.07. The molecule has 0 radical (unpaired) electrons. The van der Waals surface area contributed by atoms with Gasteiger partial charge in [-0.1, -0.05) is 0 Å². The van der Waals surface area contributed by atoms with Crippen molar-refractivity contribution in [1.29, 1.82) is 0 Å². The van der Waals surface area contributed by atoms with Crippen LogP contribution in [0.3, 0.4) is 0 Å². The number of nitrogens with one attached hydrogen (secondary N) is 1. The fraction of sp³-hybridized carbons (Fsp3) is 0.500.